The number of hydrogen-bond acceptors (Lipinski definition) is 5. The molecule has 0 saturated heterocycles. The van der Waals surface area contributed by atoms with Gasteiger partial charge in [0.1, 0.15) is 4.47 Å². The maximum absolute atomic E-state index is 11.9. The molecule has 0 spiro atoms. The summed E-state index contributed by atoms with van der Waals surface area (Å²) in [5.41, 5.74) is 0.434. The molecule has 18 heavy (non-hydrogen) atoms. The predicted octanol–water partition coefficient (Wildman–Crippen LogP) is 0.835. The number of anilines is 1. The van der Waals surface area contributed by atoms with Gasteiger partial charge in [-0.3, -0.25) is 4.79 Å². The molecule has 2 N–H and O–H groups in total. The van der Waals surface area contributed by atoms with Crippen molar-refractivity contribution in [2.24, 2.45) is 0 Å². The molecule has 1 unspecified atom stereocenters. The van der Waals surface area contributed by atoms with Gasteiger partial charge in [-0.1, -0.05) is 0 Å². The monoisotopic (exact) mass is 319 g/mol. The average Bonchev–Trinajstić information content (AvgIpc) is 2.33. The molecule has 1 aromatic rings. The molecular weight excluding hydrogens is 302 g/mol. The lowest BCUT2D eigenvalue weighted by Gasteiger charge is -2.11. The Morgan fingerprint density at radius 1 is 1.67 bits per heavy atom. The smallest absolute Gasteiger partial charge is 0.283 e. The molecule has 1 heterocycles. The van der Waals surface area contributed by atoms with Crippen molar-refractivity contribution in [2.45, 2.75) is 26.0 Å². The predicted molar refractivity (Wildman–Crippen MR) is 72.9 cm³/mol. The van der Waals surface area contributed by atoms with Crippen molar-refractivity contribution in [3.05, 3.63) is 21.0 Å². The molecule has 1 atom stereocenters. The second-order valence-electron chi connectivity index (χ2n) is 3.96. The normalized spacial score (nSPS) is 12.4. The first kappa shape index (κ1) is 15.1. The first-order chi connectivity index (χ1) is 8.56. The zero-order chi connectivity index (χ0) is 13.5. The van der Waals surface area contributed by atoms with E-state index in [0.717, 1.165) is 0 Å². The lowest BCUT2D eigenvalue weighted by molar-refractivity contribution is 0.181. The van der Waals surface area contributed by atoms with E-state index >= 15 is 0 Å². The van der Waals surface area contributed by atoms with Crippen LogP contribution in [0.3, 0.4) is 0 Å². The molecule has 0 bridgehead atoms. The average molecular weight is 320 g/mol. The minimum Gasteiger partial charge on any atom is -0.393 e. The summed E-state index contributed by atoms with van der Waals surface area (Å²) < 4.78 is 6.69. The summed E-state index contributed by atoms with van der Waals surface area (Å²) in [7, 11) is 1.58. The highest BCUT2D eigenvalue weighted by Crippen LogP contribution is 2.15. The number of ether oxygens (including phenoxy) is 1. The van der Waals surface area contributed by atoms with E-state index in [1.54, 1.807) is 20.2 Å². The van der Waals surface area contributed by atoms with Gasteiger partial charge in [0, 0.05) is 13.7 Å². The van der Waals surface area contributed by atoms with Crippen LogP contribution in [0.1, 0.15) is 13.3 Å². The van der Waals surface area contributed by atoms with E-state index in [1.807, 2.05) is 0 Å². The second-order valence-corrected chi connectivity index (χ2v) is 4.75. The van der Waals surface area contributed by atoms with Crippen molar-refractivity contribution in [1.29, 1.82) is 0 Å². The largest absolute Gasteiger partial charge is 0.393 e. The van der Waals surface area contributed by atoms with Gasteiger partial charge in [0.25, 0.3) is 5.56 Å². The van der Waals surface area contributed by atoms with E-state index in [4.69, 9.17) is 9.84 Å². The van der Waals surface area contributed by atoms with Gasteiger partial charge in [0.2, 0.25) is 0 Å². The van der Waals surface area contributed by atoms with Crippen LogP contribution in [-0.4, -0.2) is 41.3 Å². The van der Waals surface area contributed by atoms with E-state index < -0.39 is 0 Å². The van der Waals surface area contributed by atoms with Crippen LogP contribution in [0.2, 0.25) is 0 Å². The first-order valence-corrected chi connectivity index (χ1v) is 6.52. The summed E-state index contributed by atoms with van der Waals surface area (Å²) in [6.45, 7) is 3.16. The molecule has 0 radical (unpaired) electrons. The molecule has 1 aromatic heterocycles. The molecule has 7 heteroatoms. The molecule has 0 fully saturated rings. The molecule has 0 aliphatic rings. The number of aliphatic hydroxyl groups is 1. The van der Waals surface area contributed by atoms with Crippen LogP contribution in [0, 0.1) is 0 Å². The molecule has 0 amide bonds. The van der Waals surface area contributed by atoms with E-state index in [9.17, 15) is 4.79 Å². The zero-order valence-corrected chi connectivity index (χ0v) is 12.1. The molecule has 102 valence electrons. The number of aliphatic hydroxyl groups excluding tert-OH is 1. The van der Waals surface area contributed by atoms with Crippen molar-refractivity contribution in [1.82, 2.24) is 9.78 Å². The third kappa shape index (κ3) is 4.40. The summed E-state index contributed by atoms with van der Waals surface area (Å²) in [5, 5.41) is 16.2. The maximum Gasteiger partial charge on any atom is 0.283 e. The Morgan fingerprint density at radius 2 is 2.39 bits per heavy atom. The standard InChI is InChI=1S/C11H18BrN3O3/c1-8(16)3-4-13-9-7-14-15(5-6-18-2)11(17)10(9)12/h7-8,13,16H,3-6H2,1-2H3. The number of nitrogens with zero attached hydrogens (tertiary/aromatic N) is 2. The first-order valence-electron chi connectivity index (χ1n) is 5.72. The summed E-state index contributed by atoms with van der Waals surface area (Å²) in [6, 6.07) is 0. The molecule has 0 saturated carbocycles. The van der Waals surface area contributed by atoms with Crippen LogP contribution in [0.15, 0.2) is 15.5 Å². The Hall–Kier alpha value is -0.920. The molecule has 0 aromatic carbocycles. The van der Waals surface area contributed by atoms with E-state index in [1.165, 1.54) is 4.68 Å². The number of nitrogens with one attached hydrogen (secondary N) is 1. The second kappa shape index (κ2) is 7.50. The lowest BCUT2D eigenvalue weighted by atomic mass is 10.3. The van der Waals surface area contributed by atoms with Gasteiger partial charge in [-0.25, -0.2) is 4.68 Å². The Morgan fingerprint density at radius 3 is 3.00 bits per heavy atom. The third-order valence-corrected chi connectivity index (χ3v) is 3.14. The van der Waals surface area contributed by atoms with E-state index in [0.29, 0.717) is 36.3 Å². The fraction of sp³-hybridized carbons (Fsp3) is 0.636. The number of rotatable bonds is 7. The summed E-state index contributed by atoms with van der Waals surface area (Å²) in [4.78, 5) is 11.9. The summed E-state index contributed by atoms with van der Waals surface area (Å²) in [6.07, 6.45) is 1.83. The quantitative estimate of drug-likeness (QED) is 0.778. The summed E-state index contributed by atoms with van der Waals surface area (Å²) in [5.74, 6) is 0. The number of methoxy groups -OCH3 is 1. The van der Waals surface area contributed by atoms with Gasteiger partial charge >= 0.3 is 0 Å². The van der Waals surface area contributed by atoms with Crippen LogP contribution in [0.25, 0.3) is 0 Å². The van der Waals surface area contributed by atoms with Crippen LogP contribution in [0.4, 0.5) is 5.69 Å². The SMILES string of the molecule is COCCn1ncc(NCCC(C)O)c(Br)c1=O. The molecule has 1 rings (SSSR count). The van der Waals surface area contributed by atoms with Crippen molar-refractivity contribution in [3.63, 3.8) is 0 Å². The maximum atomic E-state index is 11.9. The number of halogens is 1. The molecule has 6 nitrogen and oxygen atoms in total. The Balaban J connectivity index is 2.71. The number of aromatic nitrogens is 2. The van der Waals surface area contributed by atoms with Crippen molar-refractivity contribution >= 4 is 21.6 Å². The van der Waals surface area contributed by atoms with Gasteiger partial charge in [-0.15, -0.1) is 0 Å². The van der Waals surface area contributed by atoms with Crippen molar-refractivity contribution in [3.8, 4) is 0 Å². The molecule has 0 aliphatic carbocycles. The fourth-order valence-electron chi connectivity index (χ4n) is 1.34. The van der Waals surface area contributed by atoms with Gasteiger partial charge in [-0.2, -0.15) is 5.10 Å². The Bertz CT molecular complexity index is 434. The van der Waals surface area contributed by atoms with E-state index in [2.05, 4.69) is 26.3 Å². The minimum absolute atomic E-state index is 0.200. The van der Waals surface area contributed by atoms with Crippen molar-refractivity contribution < 1.29 is 9.84 Å². The highest BCUT2D eigenvalue weighted by molar-refractivity contribution is 9.10. The molecular formula is C11H18BrN3O3. The van der Waals surface area contributed by atoms with Crippen LogP contribution in [0.5, 0.6) is 0 Å². The summed E-state index contributed by atoms with van der Waals surface area (Å²) >= 11 is 3.25. The topological polar surface area (TPSA) is 76.4 Å². The Labute approximate surface area is 114 Å². The van der Waals surface area contributed by atoms with Crippen molar-refractivity contribution in [2.75, 3.05) is 25.6 Å². The van der Waals surface area contributed by atoms with Gasteiger partial charge in [-0.05, 0) is 29.3 Å². The van der Waals surface area contributed by atoms with E-state index in [-0.39, 0.29) is 11.7 Å². The number of hydrogen-bond donors (Lipinski definition) is 2. The van der Waals surface area contributed by atoms with Gasteiger partial charge in [0.05, 0.1) is 31.1 Å². The van der Waals surface area contributed by atoms with Crippen LogP contribution < -0.4 is 10.9 Å². The highest BCUT2D eigenvalue weighted by atomic mass is 79.9. The fourth-order valence-corrected chi connectivity index (χ4v) is 1.79. The van der Waals surface area contributed by atoms with Crippen LogP contribution >= 0.6 is 15.9 Å². The molecule has 0 aliphatic heterocycles. The van der Waals surface area contributed by atoms with Gasteiger partial charge in [0.15, 0.2) is 0 Å². The Kier molecular flexibility index (Phi) is 6.31. The minimum atomic E-state index is -0.369. The third-order valence-electron chi connectivity index (χ3n) is 2.37. The van der Waals surface area contributed by atoms with Gasteiger partial charge < -0.3 is 15.2 Å². The van der Waals surface area contributed by atoms with Crippen LogP contribution in [-0.2, 0) is 11.3 Å². The highest BCUT2D eigenvalue weighted by Gasteiger charge is 2.08. The lowest BCUT2D eigenvalue weighted by Crippen LogP contribution is -2.26. The zero-order valence-electron chi connectivity index (χ0n) is 10.5.